The Labute approximate surface area is 126 Å². The first-order valence-electron chi connectivity index (χ1n) is 5.85. The Morgan fingerprint density at radius 3 is 2.75 bits per heavy atom. The molecule has 4 nitrogen and oxygen atoms in total. The van der Waals surface area contributed by atoms with Gasteiger partial charge in [-0.15, -0.1) is 0 Å². The van der Waals surface area contributed by atoms with E-state index in [1.807, 2.05) is 13.0 Å². The van der Waals surface area contributed by atoms with Crippen LogP contribution in [0.5, 0.6) is 0 Å². The summed E-state index contributed by atoms with van der Waals surface area (Å²) in [4.78, 5) is 16.1. The first-order chi connectivity index (χ1) is 9.51. The van der Waals surface area contributed by atoms with E-state index in [9.17, 15) is 4.79 Å². The zero-order chi connectivity index (χ0) is 14.7. The minimum atomic E-state index is -0.448. The number of hydrogen-bond donors (Lipinski definition) is 2. The van der Waals surface area contributed by atoms with Gasteiger partial charge in [0.25, 0.3) is 5.91 Å². The first-order valence-corrected chi connectivity index (χ1v) is 6.60. The van der Waals surface area contributed by atoms with E-state index < -0.39 is 5.91 Å². The van der Waals surface area contributed by atoms with E-state index in [0.29, 0.717) is 11.3 Å². The van der Waals surface area contributed by atoms with Gasteiger partial charge in [-0.2, -0.15) is 0 Å². The second kappa shape index (κ2) is 6.22. The molecule has 104 valence electrons. The molecule has 1 aromatic carbocycles. The van der Waals surface area contributed by atoms with Crippen molar-refractivity contribution >= 4 is 34.8 Å². The number of nitrogens with one attached hydrogen (secondary N) is 1. The van der Waals surface area contributed by atoms with Gasteiger partial charge >= 0.3 is 0 Å². The van der Waals surface area contributed by atoms with E-state index >= 15 is 0 Å². The molecule has 1 heterocycles. The molecule has 2 N–H and O–H groups in total. The van der Waals surface area contributed by atoms with Crippen molar-refractivity contribution in [3.63, 3.8) is 0 Å². The summed E-state index contributed by atoms with van der Waals surface area (Å²) in [6.45, 7) is 1.75. The van der Waals surface area contributed by atoms with E-state index in [1.165, 1.54) is 12.1 Å². The summed E-state index contributed by atoms with van der Waals surface area (Å²) in [6, 6.07) is 8.33. The first kappa shape index (κ1) is 14.8. The van der Waals surface area contributed by atoms with Crippen LogP contribution < -0.4 is 5.32 Å². The fourth-order valence-electron chi connectivity index (χ4n) is 1.66. The van der Waals surface area contributed by atoms with E-state index in [4.69, 9.17) is 28.3 Å². The lowest BCUT2D eigenvalue weighted by atomic mass is 10.1. The zero-order valence-electron chi connectivity index (χ0n) is 10.7. The molecule has 0 saturated heterocycles. The molecule has 2 aromatic rings. The molecule has 20 heavy (non-hydrogen) atoms. The number of aromatic nitrogens is 1. The molecule has 0 unspecified atom stereocenters. The van der Waals surface area contributed by atoms with Gasteiger partial charge in [-0.3, -0.25) is 4.79 Å². The van der Waals surface area contributed by atoms with Crippen molar-refractivity contribution in [2.45, 2.75) is 13.5 Å². The summed E-state index contributed by atoms with van der Waals surface area (Å²) in [5.74, 6) is -0.448. The van der Waals surface area contributed by atoms with Crippen molar-refractivity contribution in [3.8, 4) is 0 Å². The summed E-state index contributed by atoms with van der Waals surface area (Å²) in [7, 11) is 0. The molecule has 0 saturated carbocycles. The Balaban J connectivity index is 2.30. The predicted molar refractivity (Wildman–Crippen MR) is 79.3 cm³/mol. The molecule has 0 aliphatic rings. The maximum absolute atomic E-state index is 12.2. The van der Waals surface area contributed by atoms with Gasteiger partial charge in [0.1, 0.15) is 10.8 Å². The average molecular weight is 311 g/mol. The van der Waals surface area contributed by atoms with Crippen molar-refractivity contribution in [2.75, 3.05) is 5.32 Å². The Morgan fingerprint density at radius 2 is 2.05 bits per heavy atom. The summed E-state index contributed by atoms with van der Waals surface area (Å²) < 4.78 is 0. The number of benzene rings is 1. The number of halogens is 2. The highest BCUT2D eigenvalue weighted by Crippen LogP contribution is 2.21. The Hall–Kier alpha value is -1.62. The molecule has 2 rings (SSSR count). The third-order valence-electron chi connectivity index (χ3n) is 2.76. The lowest BCUT2D eigenvalue weighted by Gasteiger charge is -2.10. The molecule has 0 radical (unpaired) electrons. The van der Waals surface area contributed by atoms with Crippen molar-refractivity contribution < 1.29 is 9.90 Å². The molecule has 6 heteroatoms. The highest BCUT2D eigenvalue weighted by molar-refractivity contribution is 6.35. The molecule has 1 amide bonds. The number of anilines is 1. The molecule has 0 fully saturated rings. The molecular formula is C14H12Cl2N2O2. The average Bonchev–Trinajstić information content (AvgIpc) is 2.43. The van der Waals surface area contributed by atoms with E-state index in [0.717, 1.165) is 5.56 Å². The van der Waals surface area contributed by atoms with Crippen LogP contribution in [0.4, 0.5) is 5.69 Å². The number of carbonyl (C=O) groups excluding carboxylic acids is 1. The zero-order valence-corrected chi connectivity index (χ0v) is 12.2. The van der Waals surface area contributed by atoms with Gasteiger partial charge in [-0.1, -0.05) is 35.3 Å². The number of aryl methyl sites for hydroxylation is 1. The monoisotopic (exact) mass is 310 g/mol. The van der Waals surface area contributed by atoms with Crippen LogP contribution >= 0.6 is 23.2 Å². The van der Waals surface area contributed by atoms with Crippen LogP contribution in [-0.2, 0) is 6.61 Å². The van der Waals surface area contributed by atoms with Crippen LogP contribution in [-0.4, -0.2) is 16.0 Å². The molecule has 0 aliphatic heterocycles. The number of nitrogens with zero attached hydrogens (tertiary/aromatic N) is 1. The Bertz CT molecular complexity index is 660. The lowest BCUT2D eigenvalue weighted by molar-refractivity contribution is 0.102. The normalized spacial score (nSPS) is 10.4. The van der Waals surface area contributed by atoms with E-state index in [1.54, 1.807) is 12.1 Å². The maximum Gasteiger partial charge on any atom is 0.275 e. The SMILES string of the molecule is Cc1ccc(CO)cc1NC(=O)c1nc(Cl)ccc1Cl. The molecule has 0 bridgehead atoms. The summed E-state index contributed by atoms with van der Waals surface area (Å²) in [5.41, 5.74) is 2.23. The van der Waals surface area contributed by atoms with Crippen LogP contribution in [0.2, 0.25) is 10.2 Å². The summed E-state index contributed by atoms with van der Waals surface area (Å²) >= 11 is 11.7. The predicted octanol–water partition coefficient (Wildman–Crippen LogP) is 3.44. The quantitative estimate of drug-likeness (QED) is 0.854. The third-order valence-corrected chi connectivity index (χ3v) is 3.28. The fraction of sp³-hybridized carbons (Fsp3) is 0.143. The summed E-state index contributed by atoms with van der Waals surface area (Å²) in [5, 5.41) is 12.3. The second-order valence-electron chi connectivity index (χ2n) is 4.23. The van der Waals surface area contributed by atoms with Gasteiger partial charge in [-0.05, 0) is 36.2 Å². The Kier molecular flexibility index (Phi) is 4.60. The molecule has 0 spiro atoms. The van der Waals surface area contributed by atoms with Crippen LogP contribution in [0.1, 0.15) is 21.6 Å². The lowest BCUT2D eigenvalue weighted by Crippen LogP contribution is -2.15. The topological polar surface area (TPSA) is 62.2 Å². The molecule has 1 aromatic heterocycles. The van der Waals surface area contributed by atoms with Gasteiger partial charge in [0.2, 0.25) is 0 Å². The van der Waals surface area contributed by atoms with Crippen molar-refractivity contribution in [1.82, 2.24) is 4.98 Å². The van der Waals surface area contributed by atoms with Crippen LogP contribution in [0, 0.1) is 6.92 Å². The van der Waals surface area contributed by atoms with E-state index in [2.05, 4.69) is 10.3 Å². The van der Waals surface area contributed by atoms with Crippen molar-refractivity contribution in [2.24, 2.45) is 0 Å². The Morgan fingerprint density at radius 1 is 1.30 bits per heavy atom. The summed E-state index contributed by atoms with van der Waals surface area (Å²) in [6.07, 6.45) is 0. The number of rotatable bonds is 3. The molecule has 0 aliphatic carbocycles. The van der Waals surface area contributed by atoms with Crippen molar-refractivity contribution in [1.29, 1.82) is 0 Å². The van der Waals surface area contributed by atoms with E-state index in [-0.39, 0.29) is 22.5 Å². The minimum Gasteiger partial charge on any atom is -0.392 e. The highest BCUT2D eigenvalue weighted by Gasteiger charge is 2.14. The van der Waals surface area contributed by atoms with Crippen LogP contribution in [0.15, 0.2) is 30.3 Å². The molecule has 0 atom stereocenters. The van der Waals surface area contributed by atoms with Crippen LogP contribution in [0.25, 0.3) is 0 Å². The van der Waals surface area contributed by atoms with Gasteiger partial charge < -0.3 is 10.4 Å². The van der Waals surface area contributed by atoms with Crippen molar-refractivity contribution in [3.05, 3.63) is 57.3 Å². The van der Waals surface area contributed by atoms with Crippen LogP contribution in [0.3, 0.4) is 0 Å². The smallest absolute Gasteiger partial charge is 0.275 e. The maximum atomic E-state index is 12.2. The number of carbonyl (C=O) groups is 1. The minimum absolute atomic E-state index is 0.0629. The largest absolute Gasteiger partial charge is 0.392 e. The van der Waals surface area contributed by atoms with Gasteiger partial charge in [0, 0.05) is 5.69 Å². The number of hydrogen-bond acceptors (Lipinski definition) is 3. The number of aliphatic hydroxyl groups is 1. The number of aliphatic hydroxyl groups excluding tert-OH is 1. The second-order valence-corrected chi connectivity index (χ2v) is 5.02. The fourth-order valence-corrected chi connectivity index (χ4v) is 2.00. The van der Waals surface area contributed by atoms with Gasteiger partial charge in [0.05, 0.1) is 11.6 Å². The number of pyridine rings is 1. The number of amides is 1. The van der Waals surface area contributed by atoms with Gasteiger partial charge in [-0.25, -0.2) is 4.98 Å². The standard InChI is InChI=1S/C14H12Cl2N2O2/c1-8-2-3-9(7-19)6-11(8)17-14(20)13-10(15)4-5-12(16)18-13/h2-6,19H,7H2,1H3,(H,17,20). The van der Waals surface area contributed by atoms with Gasteiger partial charge in [0.15, 0.2) is 0 Å². The highest BCUT2D eigenvalue weighted by atomic mass is 35.5. The third kappa shape index (κ3) is 3.28. The molecular weight excluding hydrogens is 299 g/mol.